The van der Waals surface area contributed by atoms with Crippen LogP contribution >= 0.6 is 33.9 Å². The van der Waals surface area contributed by atoms with Crippen molar-refractivity contribution in [2.45, 2.75) is 0 Å². The topological polar surface area (TPSA) is 0 Å². The summed E-state index contributed by atoms with van der Waals surface area (Å²) in [6, 6.07) is 5.17. The molecule has 0 nitrogen and oxygen atoms in total. The van der Waals surface area contributed by atoms with Crippen molar-refractivity contribution in [1.82, 2.24) is 0 Å². The van der Waals surface area contributed by atoms with Crippen molar-refractivity contribution in [2.75, 3.05) is 0 Å². The van der Waals surface area contributed by atoms with Crippen molar-refractivity contribution >= 4 is 44.0 Å². The van der Waals surface area contributed by atoms with Crippen LogP contribution in [0.4, 0.5) is 4.39 Å². The fraction of sp³-hybridized carbons (Fsp3) is 0. The molecule has 0 unspecified atom stereocenters. The van der Waals surface area contributed by atoms with Gasteiger partial charge in [-0.1, -0.05) is 6.07 Å². The zero-order valence-corrected chi connectivity index (χ0v) is 8.45. The summed E-state index contributed by atoms with van der Waals surface area (Å²) in [5, 5.41) is 2.73. The van der Waals surface area contributed by atoms with Gasteiger partial charge in [0.25, 0.3) is 0 Å². The Morgan fingerprint density at radius 2 is 2.18 bits per heavy atom. The second-order valence-corrected chi connectivity index (χ2v) is 4.27. The number of benzene rings is 1. The van der Waals surface area contributed by atoms with Gasteiger partial charge >= 0.3 is 0 Å². The molecule has 0 aliphatic carbocycles. The highest BCUT2D eigenvalue weighted by Gasteiger charge is 2.04. The summed E-state index contributed by atoms with van der Waals surface area (Å²) in [7, 11) is 0. The predicted molar refractivity (Wildman–Crippen MR) is 54.5 cm³/mol. The Morgan fingerprint density at radius 3 is 2.91 bits per heavy atom. The van der Waals surface area contributed by atoms with E-state index in [9.17, 15) is 4.39 Å². The Labute approximate surface area is 81.2 Å². The first-order chi connectivity index (χ1) is 5.29. The molecule has 1 heterocycles. The molecule has 0 spiro atoms. The number of thiophene rings is 1. The van der Waals surface area contributed by atoms with Crippen LogP contribution in [0.15, 0.2) is 23.6 Å². The standard InChI is InChI=1S/C8H4FIS/c9-5-2-1-3-7-8(5)6(10)4-11-7/h1-4H. The van der Waals surface area contributed by atoms with Gasteiger partial charge in [-0.15, -0.1) is 11.3 Å². The third-order valence-electron chi connectivity index (χ3n) is 1.50. The quantitative estimate of drug-likeness (QED) is 0.645. The third kappa shape index (κ3) is 1.16. The van der Waals surface area contributed by atoms with Gasteiger partial charge in [0.2, 0.25) is 0 Å². The highest BCUT2D eigenvalue weighted by atomic mass is 127. The van der Waals surface area contributed by atoms with Gasteiger partial charge in [0, 0.05) is 19.0 Å². The summed E-state index contributed by atoms with van der Waals surface area (Å²) >= 11 is 3.73. The molecule has 3 heteroatoms. The number of rotatable bonds is 0. The van der Waals surface area contributed by atoms with E-state index in [1.165, 1.54) is 6.07 Å². The maximum atomic E-state index is 13.1. The molecular formula is C8H4FIS. The van der Waals surface area contributed by atoms with Crippen LogP contribution in [0.3, 0.4) is 0 Å². The van der Waals surface area contributed by atoms with E-state index in [4.69, 9.17) is 0 Å². The summed E-state index contributed by atoms with van der Waals surface area (Å²) in [5.74, 6) is -0.117. The van der Waals surface area contributed by atoms with Crippen molar-refractivity contribution in [1.29, 1.82) is 0 Å². The Morgan fingerprint density at radius 1 is 1.36 bits per heavy atom. The minimum atomic E-state index is -0.117. The molecule has 0 saturated heterocycles. The maximum absolute atomic E-state index is 13.1. The van der Waals surface area contributed by atoms with Gasteiger partial charge in [-0.05, 0) is 34.7 Å². The molecule has 0 saturated carbocycles. The van der Waals surface area contributed by atoms with E-state index < -0.39 is 0 Å². The molecule has 0 atom stereocenters. The maximum Gasteiger partial charge on any atom is 0.132 e. The highest BCUT2D eigenvalue weighted by molar-refractivity contribution is 14.1. The number of fused-ring (bicyclic) bond motifs is 1. The second-order valence-electron chi connectivity index (χ2n) is 2.20. The van der Waals surface area contributed by atoms with Crippen molar-refractivity contribution in [3.8, 4) is 0 Å². The van der Waals surface area contributed by atoms with E-state index in [2.05, 4.69) is 22.6 Å². The molecule has 0 radical (unpaired) electrons. The fourth-order valence-electron chi connectivity index (χ4n) is 1.01. The Balaban J connectivity index is 2.96. The van der Waals surface area contributed by atoms with Crippen LogP contribution in [-0.4, -0.2) is 0 Å². The second kappa shape index (κ2) is 2.71. The van der Waals surface area contributed by atoms with Crippen molar-refractivity contribution in [3.05, 3.63) is 33.0 Å². The molecule has 11 heavy (non-hydrogen) atoms. The summed E-state index contributed by atoms with van der Waals surface area (Å²) in [6.07, 6.45) is 0. The van der Waals surface area contributed by atoms with Crippen molar-refractivity contribution in [2.24, 2.45) is 0 Å². The Bertz CT molecular complexity index is 394. The lowest BCUT2D eigenvalue weighted by molar-refractivity contribution is 0.640. The third-order valence-corrected chi connectivity index (χ3v) is 3.72. The van der Waals surface area contributed by atoms with E-state index in [1.54, 1.807) is 17.4 Å². The molecule has 2 aromatic rings. The normalized spacial score (nSPS) is 10.7. The van der Waals surface area contributed by atoms with Gasteiger partial charge in [0.15, 0.2) is 0 Å². The van der Waals surface area contributed by atoms with Crippen LogP contribution in [0, 0.1) is 9.39 Å². The SMILES string of the molecule is Fc1cccc2scc(I)c12. The van der Waals surface area contributed by atoms with Gasteiger partial charge in [0.1, 0.15) is 5.82 Å². The summed E-state index contributed by atoms with van der Waals surface area (Å²) < 4.78 is 15.1. The lowest BCUT2D eigenvalue weighted by Crippen LogP contribution is -1.74. The van der Waals surface area contributed by atoms with Crippen LogP contribution in [0.5, 0.6) is 0 Å². The van der Waals surface area contributed by atoms with Crippen LogP contribution < -0.4 is 0 Å². The average Bonchev–Trinajstić information content (AvgIpc) is 2.34. The molecule has 0 aliphatic rings. The minimum Gasteiger partial charge on any atom is -0.206 e. The minimum absolute atomic E-state index is 0.117. The van der Waals surface area contributed by atoms with E-state index >= 15 is 0 Å². The van der Waals surface area contributed by atoms with Crippen LogP contribution in [0.1, 0.15) is 0 Å². The zero-order valence-electron chi connectivity index (χ0n) is 5.47. The van der Waals surface area contributed by atoms with E-state index in [-0.39, 0.29) is 5.82 Å². The van der Waals surface area contributed by atoms with Crippen LogP contribution in [0.2, 0.25) is 0 Å². The average molecular weight is 278 g/mol. The number of halogens is 2. The van der Waals surface area contributed by atoms with Crippen molar-refractivity contribution in [3.63, 3.8) is 0 Å². The van der Waals surface area contributed by atoms with E-state index in [1.807, 2.05) is 11.4 Å². The van der Waals surface area contributed by atoms with Crippen LogP contribution in [-0.2, 0) is 0 Å². The molecule has 0 fully saturated rings. The number of hydrogen-bond acceptors (Lipinski definition) is 1. The van der Waals surface area contributed by atoms with Gasteiger partial charge in [-0.25, -0.2) is 4.39 Å². The first kappa shape index (κ1) is 7.49. The lowest BCUT2D eigenvalue weighted by Gasteiger charge is -1.90. The zero-order chi connectivity index (χ0) is 7.84. The largest absolute Gasteiger partial charge is 0.206 e. The summed E-state index contributed by atoms with van der Waals surface area (Å²) in [4.78, 5) is 0. The first-order valence-corrected chi connectivity index (χ1v) is 5.06. The molecule has 0 amide bonds. The predicted octanol–water partition coefficient (Wildman–Crippen LogP) is 3.65. The molecule has 0 N–H and O–H groups in total. The van der Waals surface area contributed by atoms with Gasteiger partial charge < -0.3 is 0 Å². The summed E-state index contributed by atoms with van der Waals surface area (Å²) in [6.45, 7) is 0. The monoisotopic (exact) mass is 278 g/mol. The lowest BCUT2D eigenvalue weighted by atomic mass is 10.2. The molecule has 56 valence electrons. The first-order valence-electron chi connectivity index (χ1n) is 3.10. The van der Waals surface area contributed by atoms with Gasteiger partial charge in [0.05, 0.1) is 0 Å². The van der Waals surface area contributed by atoms with Gasteiger partial charge in [-0.3, -0.25) is 0 Å². The summed E-state index contributed by atoms with van der Waals surface area (Å²) in [5.41, 5.74) is 0. The molecule has 0 bridgehead atoms. The molecule has 0 aliphatic heterocycles. The Hall–Kier alpha value is -0.160. The Kier molecular flexibility index (Phi) is 1.85. The van der Waals surface area contributed by atoms with E-state index in [0.29, 0.717) is 0 Å². The highest BCUT2D eigenvalue weighted by Crippen LogP contribution is 2.28. The number of hydrogen-bond donors (Lipinski definition) is 0. The fourth-order valence-corrected chi connectivity index (χ4v) is 2.95. The smallest absolute Gasteiger partial charge is 0.132 e. The molecule has 1 aromatic heterocycles. The van der Waals surface area contributed by atoms with Gasteiger partial charge in [-0.2, -0.15) is 0 Å². The molecule has 1 aromatic carbocycles. The molecular weight excluding hydrogens is 274 g/mol. The van der Waals surface area contributed by atoms with Crippen molar-refractivity contribution < 1.29 is 4.39 Å². The molecule has 2 rings (SSSR count). The van der Waals surface area contributed by atoms with Crippen LogP contribution in [0.25, 0.3) is 10.1 Å². The van der Waals surface area contributed by atoms with E-state index in [0.717, 1.165) is 13.7 Å².